The molecule has 0 aliphatic carbocycles. The topological polar surface area (TPSA) is 72.5 Å². The summed E-state index contributed by atoms with van der Waals surface area (Å²) in [5, 5.41) is 3.82. The molecule has 1 rings (SSSR count). The maximum Gasteiger partial charge on any atom is 0.408 e. The molecule has 1 N–H and O–H groups in total. The van der Waals surface area contributed by atoms with Crippen LogP contribution < -0.4 is 5.32 Å². The number of aryl methyl sites for hydroxylation is 1. The van der Waals surface area contributed by atoms with Gasteiger partial charge in [0.05, 0.1) is 6.04 Å². The van der Waals surface area contributed by atoms with E-state index in [1.165, 1.54) is 6.08 Å². The van der Waals surface area contributed by atoms with Crippen LogP contribution in [-0.4, -0.2) is 32.4 Å². The zero-order chi connectivity index (χ0) is 17.5. The lowest BCUT2D eigenvalue weighted by atomic mass is 10.1. The minimum absolute atomic E-state index is 0.417. The molecule has 0 heterocycles. The molecular weight excluding hydrogens is 314 g/mol. The van der Waals surface area contributed by atoms with Crippen LogP contribution in [0.3, 0.4) is 0 Å². The second-order valence-electron chi connectivity index (χ2n) is 6.44. The number of hydrogen-bond donors (Lipinski definition) is 1. The van der Waals surface area contributed by atoms with Crippen LogP contribution in [0.4, 0.5) is 4.79 Å². The van der Waals surface area contributed by atoms with E-state index >= 15 is 0 Å². The first kappa shape index (κ1) is 19.2. The number of alkyl carbamates (subject to hydrolysis) is 1. The summed E-state index contributed by atoms with van der Waals surface area (Å²) in [5.74, 6) is 0. The van der Waals surface area contributed by atoms with E-state index in [0.717, 1.165) is 23.6 Å². The molecule has 0 aliphatic rings. The lowest BCUT2D eigenvalue weighted by Crippen LogP contribution is -2.38. The van der Waals surface area contributed by atoms with E-state index in [1.54, 1.807) is 20.8 Å². The van der Waals surface area contributed by atoms with E-state index in [1.807, 2.05) is 30.3 Å². The highest BCUT2D eigenvalue weighted by Crippen LogP contribution is 2.10. The van der Waals surface area contributed by atoms with Crippen LogP contribution in [0.15, 0.2) is 41.8 Å². The average Bonchev–Trinajstić information content (AvgIpc) is 2.40. The van der Waals surface area contributed by atoms with E-state index in [-0.39, 0.29) is 0 Å². The molecule has 128 valence electrons. The van der Waals surface area contributed by atoms with Crippen molar-refractivity contribution in [1.29, 1.82) is 0 Å². The summed E-state index contributed by atoms with van der Waals surface area (Å²) in [6.45, 7) is 5.33. The van der Waals surface area contributed by atoms with Crippen molar-refractivity contribution in [2.45, 2.75) is 45.3 Å². The Kier molecular flexibility index (Phi) is 6.81. The maximum atomic E-state index is 11.9. The number of nitrogens with one attached hydrogen (secondary N) is 1. The predicted molar refractivity (Wildman–Crippen MR) is 91.9 cm³/mol. The molecule has 0 saturated heterocycles. The van der Waals surface area contributed by atoms with E-state index < -0.39 is 27.6 Å². The summed E-state index contributed by atoms with van der Waals surface area (Å²) in [6, 6.07) is 9.38. The van der Waals surface area contributed by atoms with Crippen molar-refractivity contribution in [3.05, 3.63) is 47.4 Å². The summed E-state index contributed by atoms with van der Waals surface area (Å²) >= 11 is 0. The van der Waals surface area contributed by atoms with Gasteiger partial charge in [0.25, 0.3) is 0 Å². The number of carbonyl (C=O) groups excluding carboxylic acids is 1. The minimum atomic E-state index is -3.25. The van der Waals surface area contributed by atoms with E-state index in [9.17, 15) is 13.2 Å². The van der Waals surface area contributed by atoms with Gasteiger partial charge in [-0.05, 0) is 39.2 Å². The maximum absolute atomic E-state index is 11.9. The SMILES string of the molecule is CC(C)(C)OC(=O)N[C@H](/C=C/S(C)(=O)=O)CCc1ccccc1. The zero-order valence-corrected chi connectivity index (χ0v) is 14.9. The lowest BCUT2D eigenvalue weighted by molar-refractivity contribution is 0.0512. The Morgan fingerprint density at radius 3 is 2.39 bits per heavy atom. The molecule has 0 fully saturated rings. The van der Waals surface area contributed by atoms with Crippen LogP contribution in [0.1, 0.15) is 32.8 Å². The summed E-state index contributed by atoms with van der Waals surface area (Å²) in [5.41, 5.74) is 0.519. The Hall–Kier alpha value is -1.82. The molecule has 6 heteroatoms. The fraction of sp³-hybridized carbons (Fsp3) is 0.471. The standard InChI is InChI=1S/C17H25NO4S/c1-17(2,3)22-16(19)18-15(12-13-23(4,20)21)11-10-14-8-6-5-7-9-14/h5-9,12-13,15H,10-11H2,1-4H3,(H,18,19)/b13-12+/t15-/m0/s1. The van der Waals surface area contributed by atoms with Crippen molar-refractivity contribution in [3.8, 4) is 0 Å². The van der Waals surface area contributed by atoms with Crippen molar-refractivity contribution >= 4 is 15.9 Å². The first-order valence-electron chi connectivity index (χ1n) is 7.47. The molecule has 0 saturated carbocycles. The van der Waals surface area contributed by atoms with Crippen LogP contribution in [-0.2, 0) is 21.0 Å². The van der Waals surface area contributed by atoms with E-state index in [2.05, 4.69) is 5.32 Å². The van der Waals surface area contributed by atoms with Gasteiger partial charge in [0.2, 0.25) is 0 Å². The Bertz CT molecular complexity index is 630. The van der Waals surface area contributed by atoms with Crippen molar-refractivity contribution < 1.29 is 17.9 Å². The van der Waals surface area contributed by atoms with Gasteiger partial charge in [-0.15, -0.1) is 0 Å². The fourth-order valence-electron chi connectivity index (χ4n) is 1.88. The number of amides is 1. The first-order chi connectivity index (χ1) is 10.6. The largest absolute Gasteiger partial charge is 0.444 e. The molecular formula is C17H25NO4S. The van der Waals surface area contributed by atoms with E-state index in [0.29, 0.717) is 6.42 Å². The third kappa shape index (κ3) is 9.73. The van der Waals surface area contributed by atoms with Crippen LogP contribution in [0.25, 0.3) is 0 Å². The number of benzene rings is 1. The van der Waals surface area contributed by atoms with E-state index in [4.69, 9.17) is 4.74 Å². The smallest absolute Gasteiger partial charge is 0.408 e. The fourth-order valence-corrected chi connectivity index (χ4v) is 2.35. The van der Waals surface area contributed by atoms with Gasteiger partial charge in [0.1, 0.15) is 5.60 Å². The molecule has 0 bridgehead atoms. The average molecular weight is 339 g/mol. The summed E-state index contributed by atoms with van der Waals surface area (Å²) in [7, 11) is -3.25. The molecule has 0 aliphatic heterocycles. The number of rotatable bonds is 6. The molecule has 0 radical (unpaired) electrons. The molecule has 5 nitrogen and oxygen atoms in total. The van der Waals surface area contributed by atoms with Gasteiger partial charge in [-0.3, -0.25) is 0 Å². The van der Waals surface area contributed by atoms with Gasteiger partial charge in [-0.25, -0.2) is 13.2 Å². The normalized spacial score (nSPS) is 13.7. The Morgan fingerprint density at radius 2 is 1.87 bits per heavy atom. The second kappa shape index (κ2) is 8.15. The third-order valence-corrected chi connectivity index (χ3v) is 3.50. The summed E-state index contributed by atoms with van der Waals surface area (Å²) in [6.07, 6.45) is 3.34. The van der Waals surface area contributed by atoms with Crippen LogP contribution in [0.5, 0.6) is 0 Å². The monoisotopic (exact) mass is 339 g/mol. The first-order valence-corrected chi connectivity index (χ1v) is 9.42. The number of carbonyl (C=O) groups is 1. The Labute approximate surface area is 138 Å². The molecule has 1 amide bonds. The highest BCUT2D eigenvalue weighted by atomic mass is 32.2. The van der Waals surface area contributed by atoms with Crippen molar-refractivity contribution in [2.75, 3.05) is 6.26 Å². The van der Waals surface area contributed by atoms with Crippen LogP contribution in [0.2, 0.25) is 0 Å². The second-order valence-corrected chi connectivity index (χ2v) is 8.37. The third-order valence-electron chi connectivity index (χ3n) is 2.85. The summed E-state index contributed by atoms with van der Waals surface area (Å²) < 4.78 is 27.8. The highest BCUT2D eigenvalue weighted by Gasteiger charge is 2.18. The molecule has 0 aromatic heterocycles. The Morgan fingerprint density at radius 1 is 1.26 bits per heavy atom. The van der Waals surface area contributed by atoms with Crippen molar-refractivity contribution in [2.24, 2.45) is 0 Å². The Balaban J connectivity index is 2.72. The molecule has 0 unspecified atom stereocenters. The minimum Gasteiger partial charge on any atom is -0.444 e. The number of hydrogen-bond acceptors (Lipinski definition) is 4. The van der Waals surface area contributed by atoms with Crippen LogP contribution in [0, 0.1) is 0 Å². The predicted octanol–water partition coefficient (Wildman–Crippen LogP) is 3.07. The van der Waals surface area contributed by atoms with Gasteiger partial charge in [-0.1, -0.05) is 36.4 Å². The van der Waals surface area contributed by atoms with Gasteiger partial charge >= 0.3 is 6.09 Å². The molecule has 1 aromatic carbocycles. The van der Waals surface area contributed by atoms with Gasteiger partial charge in [0, 0.05) is 11.7 Å². The molecule has 0 spiro atoms. The summed E-state index contributed by atoms with van der Waals surface area (Å²) in [4.78, 5) is 11.9. The lowest BCUT2D eigenvalue weighted by Gasteiger charge is -2.22. The van der Waals surface area contributed by atoms with Crippen LogP contribution >= 0.6 is 0 Å². The molecule has 1 aromatic rings. The van der Waals surface area contributed by atoms with Crippen molar-refractivity contribution in [1.82, 2.24) is 5.32 Å². The highest BCUT2D eigenvalue weighted by molar-refractivity contribution is 7.93. The van der Waals surface area contributed by atoms with Crippen molar-refractivity contribution in [3.63, 3.8) is 0 Å². The molecule has 1 atom stereocenters. The number of sulfone groups is 1. The molecule has 23 heavy (non-hydrogen) atoms. The van der Waals surface area contributed by atoms with Gasteiger partial charge in [0.15, 0.2) is 9.84 Å². The van der Waals surface area contributed by atoms with Gasteiger partial charge < -0.3 is 10.1 Å². The van der Waals surface area contributed by atoms with Gasteiger partial charge in [-0.2, -0.15) is 0 Å². The quantitative estimate of drug-likeness (QED) is 0.864. The number of ether oxygens (including phenoxy) is 1. The zero-order valence-electron chi connectivity index (χ0n) is 14.1.